The smallest absolute Gasteiger partial charge is 0.335 e. The van der Waals surface area contributed by atoms with Crippen molar-refractivity contribution in [3.8, 4) is 0 Å². The summed E-state index contributed by atoms with van der Waals surface area (Å²) < 4.78 is 21.6. The van der Waals surface area contributed by atoms with Gasteiger partial charge in [-0.1, -0.05) is 148 Å². The van der Waals surface area contributed by atoms with Crippen molar-refractivity contribution in [3.05, 3.63) is 134 Å². The van der Waals surface area contributed by atoms with E-state index in [4.69, 9.17) is 18.9 Å². The van der Waals surface area contributed by atoms with E-state index < -0.39 is 61.3 Å². The lowest BCUT2D eigenvalue weighted by molar-refractivity contribution is -0.298. The average molecular weight is 863 g/mol. The van der Waals surface area contributed by atoms with Crippen LogP contribution < -0.4 is 0 Å². The van der Waals surface area contributed by atoms with Crippen LogP contribution in [-0.2, 0) is 33.3 Å². The summed E-state index contributed by atoms with van der Waals surface area (Å²) in [5.74, 6) is -2.65. The zero-order valence-corrected chi connectivity index (χ0v) is 37.0. The third kappa shape index (κ3) is 30.4. The fourth-order valence-corrected chi connectivity index (χ4v) is 5.58. The molecule has 11 nitrogen and oxygen atoms in total. The van der Waals surface area contributed by atoms with Crippen LogP contribution in [0.15, 0.2) is 134 Å². The van der Waals surface area contributed by atoms with E-state index in [2.05, 4.69) is 123 Å². The molecule has 4 N–H and O–H groups in total. The first-order valence-corrected chi connectivity index (χ1v) is 22.2. The van der Waals surface area contributed by atoms with Crippen LogP contribution in [0, 0.1) is 0 Å². The van der Waals surface area contributed by atoms with Crippen molar-refractivity contribution in [2.75, 3.05) is 13.2 Å². The Hall–Kier alpha value is -4.65. The van der Waals surface area contributed by atoms with Crippen molar-refractivity contribution in [2.24, 2.45) is 0 Å². The van der Waals surface area contributed by atoms with Gasteiger partial charge in [0, 0.05) is 12.8 Å². The lowest BCUT2D eigenvalue weighted by Crippen LogP contribution is -2.60. The minimum Gasteiger partial charge on any atom is -0.479 e. The molecule has 6 unspecified atom stereocenters. The number of aliphatic hydroxyl groups is 3. The molecule has 0 amide bonds. The van der Waals surface area contributed by atoms with Gasteiger partial charge in [0.15, 0.2) is 18.5 Å². The van der Waals surface area contributed by atoms with Crippen molar-refractivity contribution in [1.29, 1.82) is 0 Å². The number of allylic oxidation sites excluding steroid dienone is 22. The number of carboxylic acid groups (broad SMARTS) is 1. The second kappa shape index (κ2) is 39.2. The van der Waals surface area contributed by atoms with Gasteiger partial charge in [0.1, 0.15) is 24.9 Å². The van der Waals surface area contributed by atoms with E-state index in [1.165, 1.54) is 0 Å². The van der Waals surface area contributed by atoms with Crippen molar-refractivity contribution in [2.45, 2.75) is 153 Å². The van der Waals surface area contributed by atoms with Crippen LogP contribution >= 0.6 is 0 Å². The summed E-state index contributed by atoms with van der Waals surface area (Å²) in [5.41, 5.74) is 0. The largest absolute Gasteiger partial charge is 0.479 e. The molecule has 1 aliphatic rings. The Balaban J connectivity index is 2.49. The fraction of sp³-hybridized carbons (Fsp3) is 0.510. The van der Waals surface area contributed by atoms with Gasteiger partial charge in [0.25, 0.3) is 0 Å². The Morgan fingerprint density at radius 2 is 0.903 bits per heavy atom. The summed E-state index contributed by atoms with van der Waals surface area (Å²) in [7, 11) is 0. The molecule has 0 aromatic rings. The normalized spacial score (nSPS) is 20.8. The lowest BCUT2D eigenvalue weighted by atomic mass is 9.99. The Labute approximate surface area is 371 Å². The van der Waals surface area contributed by atoms with Gasteiger partial charge >= 0.3 is 17.9 Å². The van der Waals surface area contributed by atoms with Gasteiger partial charge in [-0.25, -0.2) is 4.79 Å². The molecule has 6 atom stereocenters. The molecule has 0 bridgehead atoms. The molecule has 344 valence electrons. The van der Waals surface area contributed by atoms with E-state index in [9.17, 15) is 34.8 Å². The number of rotatable bonds is 34. The van der Waals surface area contributed by atoms with E-state index in [-0.39, 0.29) is 19.4 Å². The molecule has 0 radical (unpaired) electrons. The molecule has 11 heteroatoms. The summed E-state index contributed by atoms with van der Waals surface area (Å²) in [6.45, 7) is 3.44. The van der Waals surface area contributed by atoms with E-state index in [1.807, 2.05) is 24.3 Å². The van der Waals surface area contributed by atoms with Crippen molar-refractivity contribution in [3.63, 3.8) is 0 Å². The SMILES string of the molecule is CC/C=C\C/C=C\C/C=C\C/C=C\C/C=C\C/C=C\CCC(=O)OCC(COC1OC(C(=O)O)C(O)C(O)C1O)OC(=O)CCC/C=C\C/C=C\C/C=C\C/C=C\C/C=C\CC. The monoisotopic (exact) mass is 863 g/mol. The molecule has 62 heavy (non-hydrogen) atoms. The fourth-order valence-electron chi connectivity index (χ4n) is 5.58. The van der Waals surface area contributed by atoms with E-state index in [1.54, 1.807) is 0 Å². The highest BCUT2D eigenvalue weighted by atomic mass is 16.7. The molecular weight excluding hydrogens is 789 g/mol. The third-order valence-corrected chi connectivity index (χ3v) is 9.01. The number of aliphatic carboxylic acids is 1. The zero-order valence-electron chi connectivity index (χ0n) is 37.0. The van der Waals surface area contributed by atoms with Gasteiger partial charge < -0.3 is 39.4 Å². The van der Waals surface area contributed by atoms with Gasteiger partial charge in [-0.3, -0.25) is 9.59 Å². The van der Waals surface area contributed by atoms with Crippen molar-refractivity contribution in [1.82, 2.24) is 0 Å². The molecule has 0 saturated carbocycles. The quantitative estimate of drug-likeness (QED) is 0.0276. The minimum atomic E-state index is -1.89. The van der Waals surface area contributed by atoms with Gasteiger partial charge in [-0.05, 0) is 89.9 Å². The van der Waals surface area contributed by atoms with E-state index in [0.717, 1.165) is 70.6 Å². The number of hydrogen-bond acceptors (Lipinski definition) is 10. The lowest BCUT2D eigenvalue weighted by Gasteiger charge is -2.38. The maximum absolute atomic E-state index is 12.7. The molecule has 0 aromatic carbocycles. The minimum absolute atomic E-state index is 0.0794. The summed E-state index contributed by atoms with van der Waals surface area (Å²) in [6.07, 6.45) is 48.0. The first-order valence-electron chi connectivity index (χ1n) is 22.2. The second-order valence-corrected chi connectivity index (χ2v) is 14.4. The number of carbonyl (C=O) groups is 3. The number of aliphatic hydroxyl groups excluding tert-OH is 3. The summed E-state index contributed by atoms with van der Waals surface area (Å²) in [4.78, 5) is 36.8. The third-order valence-electron chi connectivity index (χ3n) is 9.01. The Morgan fingerprint density at radius 1 is 0.500 bits per heavy atom. The number of carboxylic acids is 1. The van der Waals surface area contributed by atoms with Gasteiger partial charge in [0.05, 0.1) is 6.61 Å². The predicted molar refractivity (Wildman–Crippen MR) is 247 cm³/mol. The van der Waals surface area contributed by atoms with Crippen LogP contribution in [0.5, 0.6) is 0 Å². The van der Waals surface area contributed by atoms with Crippen LogP contribution in [0.2, 0.25) is 0 Å². The maximum Gasteiger partial charge on any atom is 0.335 e. The van der Waals surface area contributed by atoms with E-state index >= 15 is 0 Å². The summed E-state index contributed by atoms with van der Waals surface area (Å²) >= 11 is 0. The molecule has 1 heterocycles. The van der Waals surface area contributed by atoms with Gasteiger partial charge in [0.2, 0.25) is 0 Å². The van der Waals surface area contributed by atoms with Crippen molar-refractivity contribution < 1.29 is 53.8 Å². The van der Waals surface area contributed by atoms with Crippen LogP contribution in [0.3, 0.4) is 0 Å². The number of ether oxygens (including phenoxy) is 4. The molecular formula is C51H74O11. The van der Waals surface area contributed by atoms with Crippen LogP contribution in [0.25, 0.3) is 0 Å². The second-order valence-electron chi connectivity index (χ2n) is 14.4. The highest BCUT2D eigenvalue weighted by Gasteiger charge is 2.47. The average Bonchev–Trinajstić information content (AvgIpc) is 3.26. The molecule has 1 aliphatic heterocycles. The Bertz CT molecular complexity index is 1530. The maximum atomic E-state index is 12.7. The van der Waals surface area contributed by atoms with Gasteiger partial charge in [-0.15, -0.1) is 0 Å². The number of unbranched alkanes of at least 4 members (excludes halogenated alkanes) is 1. The Kier molecular flexibility index (Phi) is 35.0. The predicted octanol–water partition coefficient (Wildman–Crippen LogP) is 9.75. The first-order chi connectivity index (χ1) is 30.2. The molecule has 0 spiro atoms. The zero-order chi connectivity index (χ0) is 45.3. The van der Waals surface area contributed by atoms with Crippen LogP contribution in [0.1, 0.15) is 117 Å². The molecule has 0 aliphatic carbocycles. The number of hydrogen-bond donors (Lipinski definition) is 4. The van der Waals surface area contributed by atoms with Crippen molar-refractivity contribution >= 4 is 17.9 Å². The number of carbonyl (C=O) groups excluding carboxylic acids is 2. The summed E-state index contributed by atoms with van der Waals surface area (Å²) in [6, 6.07) is 0. The van der Waals surface area contributed by atoms with Crippen LogP contribution in [0.4, 0.5) is 0 Å². The summed E-state index contributed by atoms with van der Waals surface area (Å²) in [5, 5.41) is 39.8. The van der Waals surface area contributed by atoms with E-state index in [0.29, 0.717) is 19.3 Å². The molecule has 1 fully saturated rings. The Morgan fingerprint density at radius 3 is 1.32 bits per heavy atom. The highest BCUT2D eigenvalue weighted by Crippen LogP contribution is 2.23. The van der Waals surface area contributed by atoms with Gasteiger partial charge in [-0.2, -0.15) is 0 Å². The topological polar surface area (TPSA) is 169 Å². The standard InChI is InChI=1S/C51H74O11/c1-3-5-7-9-11-13-15-17-19-21-22-24-25-27-29-31-33-35-37-39-44(52)59-41-43(42-60-51-48(56)46(54)47(55)49(62-51)50(57)58)61-45(53)40-38-36-34-32-30-28-26-23-20-18-16-14-12-10-8-6-4-2/h5-8,11-14,17-20,22,24,26-29,32-35,43,46-49,51,54-56H,3-4,9-10,15-16,21,23,25,30-31,36-42H2,1-2H3,(H,57,58)/b7-5-,8-6-,13-11-,14-12-,19-17-,20-18-,24-22-,28-26-,29-27-,34-32-,35-33-. The number of esters is 2. The highest BCUT2D eigenvalue weighted by molar-refractivity contribution is 5.73. The molecule has 1 rings (SSSR count). The van der Waals surface area contributed by atoms with Crippen LogP contribution in [-0.4, -0.2) is 88.4 Å². The first kappa shape index (κ1) is 55.4. The molecule has 1 saturated heterocycles. The molecule has 0 aromatic heterocycles.